The summed E-state index contributed by atoms with van der Waals surface area (Å²) in [6.45, 7) is 0.239. The summed E-state index contributed by atoms with van der Waals surface area (Å²) in [7, 11) is -3.32. The Labute approximate surface area is 152 Å². The van der Waals surface area contributed by atoms with Gasteiger partial charge >= 0.3 is 0 Å². The first-order valence-corrected chi connectivity index (χ1v) is 9.80. The maximum Gasteiger partial charge on any atom is 0.229 e. The molecule has 0 bridgehead atoms. The monoisotopic (exact) mass is 369 g/mol. The number of anilines is 2. The lowest BCUT2D eigenvalue weighted by molar-refractivity contribution is 0.307. The summed E-state index contributed by atoms with van der Waals surface area (Å²) in [5, 5.41) is 0. The number of rotatable bonds is 6. The van der Waals surface area contributed by atoms with Crippen molar-refractivity contribution in [2.75, 3.05) is 16.7 Å². The minimum Gasteiger partial charge on any atom is -0.485 e. The van der Waals surface area contributed by atoms with E-state index in [1.54, 1.807) is 24.4 Å². The molecule has 134 valence electrons. The van der Waals surface area contributed by atoms with Crippen molar-refractivity contribution in [2.24, 2.45) is 0 Å². The number of nitrogens with two attached hydrogens (primary N) is 1. The van der Waals surface area contributed by atoms with Gasteiger partial charge in [-0.3, -0.25) is 4.72 Å². The topological polar surface area (TPSA) is 94.3 Å². The maximum absolute atomic E-state index is 11.3. The van der Waals surface area contributed by atoms with Crippen LogP contribution in [0.1, 0.15) is 5.56 Å². The van der Waals surface area contributed by atoms with Gasteiger partial charge in [0.1, 0.15) is 6.61 Å². The van der Waals surface area contributed by atoms with Crippen LogP contribution in [0.4, 0.5) is 11.5 Å². The lowest BCUT2D eigenvalue weighted by Gasteiger charge is -2.11. The van der Waals surface area contributed by atoms with Gasteiger partial charge in [0.2, 0.25) is 10.0 Å². The summed E-state index contributed by atoms with van der Waals surface area (Å²) < 4.78 is 30.9. The standard InChI is InChI=1S/C19H19N3O3S/c1-26(23,24)22-17-9-5-6-14(10-17)13-25-18-11-16(12-21-19(18)20)15-7-3-2-4-8-15/h2-12,22H,13H2,1H3,(H2,20,21). The number of benzene rings is 2. The average molecular weight is 369 g/mol. The molecule has 6 nitrogen and oxygen atoms in total. The lowest BCUT2D eigenvalue weighted by atomic mass is 10.1. The molecule has 0 unspecified atom stereocenters. The summed E-state index contributed by atoms with van der Waals surface area (Å²) in [6.07, 6.45) is 2.81. The minimum absolute atomic E-state index is 0.239. The van der Waals surface area contributed by atoms with Gasteiger partial charge in [-0.25, -0.2) is 13.4 Å². The first-order valence-electron chi connectivity index (χ1n) is 7.91. The van der Waals surface area contributed by atoms with Crippen LogP contribution in [0.3, 0.4) is 0 Å². The van der Waals surface area contributed by atoms with Crippen molar-refractivity contribution in [3.63, 3.8) is 0 Å². The van der Waals surface area contributed by atoms with Crippen molar-refractivity contribution in [3.8, 4) is 16.9 Å². The molecule has 3 N–H and O–H groups in total. The van der Waals surface area contributed by atoms with Crippen LogP contribution < -0.4 is 15.2 Å². The second-order valence-corrected chi connectivity index (χ2v) is 7.59. The van der Waals surface area contributed by atoms with E-state index < -0.39 is 10.0 Å². The number of nitrogen functional groups attached to an aromatic ring is 1. The highest BCUT2D eigenvalue weighted by atomic mass is 32.2. The fourth-order valence-electron chi connectivity index (χ4n) is 2.46. The smallest absolute Gasteiger partial charge is 0.229 e. The molecule has 7 heteroatoms. The van der Waals surface area contributed by atoms with Gasteiger partial charge in [0.25, 0.3) is 0 Å². The van der Waals surface area contributed by atoms with E-state index in [9.17, 15) is 8.42 Å². The van der Waals surface area contributed by atoms with Gasteiger partial charge < -0.3 is 10.5 Å². The Hall–Kier alpha value is -3.06. The molecule has 3 rings (SSSR count). The molecule has 0 aliphatic rings. The first-order chi connectivity index (χ1) is 12.4. The Morgan fingerprint density at radius 1 is 1.04 bits per heavy atom. The third-order valence-corrected chi connectivity index (χ3v) is 4.22. The quantitative estimate of drug-likeness (QED) is 0.695. The molecule has 26 heavy (non-hydrogen) atoms. The Morgan fingerprint density at radius 3 is 2.54 bits per heavy atom. The van der Waals surface area contributed by atoms with E-state index in [0.717, 1.165) is 22.9 Å². The average Bonchev–Trinajstić information content (AvgIpc) is 2.61. The Kier molecular flexibility index (Phi) is 5.09. The SMILES string of the molecule is CS(=O)(=O)Nc1cccc(COc2cc(-c3ccccc3)cnc2N)c1. The Bertz CT molecular complexity index is 1010. The molecule has 0 aliphatic heterocycles. The number of aromatic nitrogens is 1. The zero-order chi connectivity index (χ0) is 18.6. The molecule has 0 fully saturated rings. The molecule has 1 aromatic heterocycles. The van der Waals surface area contributed by atoms with Crippen molar-refractivity contribution >= 4 is 21.5 Å². The Balaban J connectivity index is 1.77. The van der Waals surface area contributed by atoms with Crippen molar-refractivity contribution in [3.05, 3.63) is 72.4 Å². The molecule has 0 radical (unpaired) electrons. The summed E-state index contributed by atoms with van der Waals surface area (Å²) >= 11 is 0. The normalized spacial score (nSPS) is 11.1. The van der Waals surface area contributed by atoms with Gasteiger partial charge in [0, 0.05) is 17.4 Å². The molecular formula is C19H19N3O3S. The first kappa shape index (κ1) is 17.8. The van der Waals surface area contributed by atoms with Gasteiger partial charge in [-0.15, -0.1) is 0 Å². The largest absolute Gasteiger partial charge is 0.485 e. The fraction of sp³-hybridized carbons (Fsp3) is 0.105. The van der Waals surface area contributed by atoms with Crippen LogP contribution in [-0.4, -0.2) is 19.7 Å². The van der Waals surface area contributed by atoms with Crippen LogP contribution in [-0.2, 0) is 16.6 Å². The van der Waals surface area contributed by atoms with E-state index in [4.69, 9.17) is 10.5 Å². The van der Waals surface area contributed by atoms with Crippen LogP contribution in [0, 0.1) is 0 Å². The Morgan fingerprint density at radius 2 is 1.81 bits per heavy atom. The molecule has 0 amide bonds. The molecule has 0 spiro atoms. The molecule has 0 atom stereocenters. The third kappa shape index (κ3) is 4.73. The number of nitrogens with zero attached hydrogens (tertiary/aromatic N) is 1. The molecule has 1 heterocycles. The molecule has 0 aliphatic carbocycles. The highest BCUT2D eigenvalue weighted by Gasteiger charge is 2.07. The van der Waals surface area contributed by atoms with E-state index in [1.165, 1.54) is 0 Å². The van der Waals surface area contributed by atoms with E-state index in [2.05, 4.69) is 9.71 Å². The van der Waals surface area contributed by atoms with Crippen LogP contribution in [0.25, 0.3) is 11.1 Å². The number of pyridine rings is 1. The van der Waals surface area contributed by atoms with Crippen LogP contribution in [0.5, 0.6) is 5.75 Å². The van der Waals surface area contributed by atoms with Crippen LogP contribution in [0.2, 0.25) is 0 Å². The van der Waals surface area contributed by atoms with Gasteiger partial charge in [0.15, 0.2) is 11.6 Å². The molecule has 0 saturated carbocycles. The predicted molar refractivity (Wildman–Crippen MR) is 103 cm³/mol. The number of hydrogen-bond acceptors (Lipinski definition) is 5. The number of ether oxygens (including phenoxy) is 1. The minimum atomic E-state index is -3.32. The predicted octanol–water partition coefficient (Wildman–Crippen LogP) is 3.28. The maximum atomic E-state index is 11.3. The van der Waals surface area contributed by atoms with Crippen molar-refractivity contribution in [1.82, 2.24) is 4.98 Å². The van der Waals surface area contributed by atoms with Crippen molar-refractivity contribution in [1.29, 1.82) is 0 Å². The van der Waals surface area contributed by atoms with Crippen LogP contribution in [0.15, 0.2) is 66.9 Å². The van der Waals surface area contributed by atoms with E-state index in [0.29, 0.717) is 17.3 Å². The summed E-state index contributed by atoms with van der Waals surface area (Å²) in [4.78, 5) is 4.19. The highest BCUT2D eigenvalue weighted by molar-refractivity contribution is 7.92. The van der Waals surface area contributed by atoms with Gasteiger partial charge in [0.05, 0.1) is 6.26 Å². The zero-order valence-electron chi connectivity index (χ0n) is 14.2. The third-order valence-electron chi connectivity index (χ3n) is 3.61. The van der Waals surface area contributed by atoms with E-state index in [-0.39, 0.29) is 6.61 Å². The number of nitrogens with one attached hydrogen (secondary N) is 1. The summed E-state index contributed by atoms with van der Waals surface area (Å²) in [5.74, 6) is 0.780. The molecule has 0 saturated heterocycles. The molecule has 2 aromatic carbocycles. The second-order valence-electron chi connectivity index (χ2n) is 5.84. The lowest BCUT2D eigenvalue weighted by Crippen LogP contribution is -2.09. The van der Waals surface area contributed by atoms with Crippen molar-refractivity contribution < 1.29 is 13.2 Å². The summed E-state index contributed by atoms with van der Waals surface area (Å²) in [6, 6.07) is 18.7. The number of hydrogen-bond donors (Lipinski definition) is 2. The molecule has 3 aromatic rings. The van der Waals surface area contributed by atoms with Gasteiger partial charge in [-0.2, -0.15) is 0 Å². The number of sulfonamides is 1. The molecular weight excluding hydrogens is 350 g/mol. The van der Waals surface area contributed by atoms with Gasteiger partial charge in [-0.1, -0.05) is 42.5 Å². The van der Waals surface area contributed by atoms with Crippen molar-refractivity contribution in [2.45, 2.75) is 6.61 Å². The zero-order valence-corrected chi connectivity index (χ0v) is 15.0. The van der Waals surface area contributed by atoms with E-state index >= 15 is 0 Å². The summed E-state index contributed by atoms with van der Waals surface area (Å²) in [5.41, 5.74) is 9.13. The highest BCUT2D eigenvalue weighted by Crippen LogP contribution is 2.27. The second kappa shape index (κ2) is 7.45. The van der Waals surface area contributed by atoms with E-state index in [1.807, 2.05) is 42.5 Å². The fourth-order valence-corrected chi connectivity index (χ4v) is 3.01. The van der Waals surface area contributed by atoms with Crippen LogP contribution >= 0.6 is 0 Å². The van der Waals surface area contributed by atoms with Gasteiger partial charge in [-0.05, 0) is 29.3 Å².